The van der Waals surface area contributed by atoms with Crippen LogP contribution in [0.3, 0.4) is 0 Å². The van der Waals surface area contributed by atoms with Gasteiger partial charge in [-0.2, -0.15) is 0 Å². The van der Waals surface area contributed by atoms with Crippen LogP contribution < -0.4 is 0 Å². The van der Waals surface area contributed by atoms with Gasteiger partial charge in [0.1, 0.15) is 5.60 Å². The van der Waals surface area contributed by atoms with Gasteiger partial charge in [-0.25, -0.2) is 4.79 Å². The van der Waals surface area contributed by atoms with Crippen molar-refractivity contribution >= 4 is 11.9 Å². The van der Waals surface area contributed by atoms with E-state index in [0.29, 0.717) is 29.9 Å². The van der Waals surface area contributed by atoms with Crippen molar-refractivity contribution in [2.45, 2.75) is 47.1 Å². The first-order chi connectivity index (χ1) is 9.21. The van der Waals surface area contributed by atoms with Crippen LogP contribution in [0.2, 0.25) is 0 Å². The summed E-state index contributed by atoms with van der Waals surface area (Å²) in [7, 11) is 0. The first-order valence-electron chi connectivity index (χ1n) is 6.91. The lowest BCUT2D eigenvalue weighted by molar-refractivity contribution is 0.00670. The maximum atomic E-state index is 12.5. The average Bonchev–Trinajstić information content (AvgIpc) is 2.70. The van der Waals surface area contributed by atoms with Gasteiger partial charge in [0.15, 0.2) is 0 Å². The SMILES string of the molecule is CCN(CC)C(=O)c1c(C(=O)OC(C)(C)C)c[nH]c1C. The summed E-state index contributed by atoms with van der Waals surface area (Å²) in [6.07, 6.45) is 1.54. The van der Waals surface area contributed by atoms with Crippen LogP contribution in [0, 0.1) is 6.92 Å². The van der Waals surface area contributed by atoms with Gasteiger partial charge in [-0.1, -0.05) is 0 Å². The Morgan fingerprint density at radius 1 is 1.25 bits per heavy atom. The fourth-order valence-corrected chi connectivity index (χ4v) is 1.97. The molecule has 1 aromatic heterocycles. The molecule has 0 fully saturated rings. The number of aryl methyl sites for hydroxylation is 1. The number of esters is 1. The molecule has 0 radical (unpaired) electrons. The van der Waals surface area contributed by atoms with E-state index in [1.165, 1.54) is 0 Å². The minimum Gasteiger partial charge on any atom is -0.456 e. The molecule has 1 amide bonds. The number of carbonyl (C=O) groups excluding carboxylic acids is 2. The van der Waals surface area contributed by atoms with Gasteiger partial charge in [-0.3, -0.25) is 4.79 Å². The van der Waals surface area contributed by atoms with Crippen molar-refractivity contribution in [3.8, 4) is 0 Å². The smallest absolute Gasteiger partial charge is 0.341 e. The van der Waals surface area contributed by atoms with Crippen molar-refractivity contribution in [2.75, 3.05) is 13.1 Å². The molecule has 0 atom stereocenters. The second-order valence-electron chi connectivity index (χ2n) is 5.68. The van der Waals surface area contributed by atoms with E-state index in [1.807, 2.05) is 13.8 Å². The predicted molar refractivity (Wildman–Crippen MR) is 77.9 cm³/mol. The number of rotatable bonds is 4. The van der Waals surface area contributed by atoms with E-state index in [0.717, 1.165) is 0 Å². The van der Waals surface area contributed by atoms with Crippen LogP contribution in [0.15, 0.2) is 6.20 Å². The molecule has 0 saturated carbocycles. The molecule has 1 N–H and O–H groups in total. The Morgan fingerprint density at radius 3 is 2.25 bits per heavy atom. The topological polar surface area (TPSA) is 62.4 Å². The number of aromatic amines is 1. The second kappa shape index (κ2) is 6.11. The molecule has 112 valence electrons. The Kier molecular flexibility index (Phi) is 4.98. The number of H-pyrrole nitrogens is 1. The second-order valence-corrected chi connectivity index (χ2v) is 5.68. The number of ether oxygens (including phenoxy) is 1. The molecule has 5 nitrogen and oxygen atoms in total. The summed E-state index contributed by atoms with van der Waals surface area (Å²) in [5, 5.41) is 0. The van der Waals surface area contributed by atoms with Crippen LogP contribution in [0.5, 0.6) is 0 Å². The van der Waals surface area contributed by atoms with E-state index in [-0.39, 0.29) is 5.91 Å². The van der Waals surface area contributed by atoms with Crippen LogP contribution in [-0.4, -0.2) is 40.5 Å². The lowest BCUT2D eigenvalue weighted by Gasteiger charge is -2.21. The molecule has 0 aromatic carbocycles. The summed E-state index contributed by atoms with van der Waals surface area (Å²) in [4.78, 5) is 29.3. The minimum absolute atomic E-state index is 0.144. The summed E-state index contributed by atoms with van der Waals surface area (Å²) < 4.78 is 5.35. The van der Waals surface area contributed by atoms with Crippen molar-refractivity contribution in [3.05, 3.63) is 23.0 Å². The van der Waals surface area contributed by atoms with Gasteiger partial charge in [0.25, 0.3) is 5.91 Å². The van der Waals surface area contributed by atoms with Crippen molar-refractivity contribution in [1.82, 2.24) is 9.88 Å². The van der Waals surface area contributed by atoms with Crippen molar-refractivity contribution in [1.29, 1.82) is 0 Å². The van der Waals surface area contributed by atoms with Crippen LogP contribution in [-0.2, 0) is 4.74 Å². The normalized spacial score (nSPS) is 11.3. The van der Waals surface area contributed by atoms with Crippen LogP contribution in [0.1, 0.15) is 61.0 Å². The largest absolute Gasteiger partial charge is 0.456 e. The first kappa shape index (κ1) is 16.3. The molecule has 0 unspecified atom stereocenters. The zero-order chi connectivity index (χ0) is 15.5. The average molecular weight is 280 g/mol. The first-order valence-corrected chi connectivity index (χ1v) is 6.91. The third kappa shape index (κ3) is 3.62. The number of hydrogen-bond acceptors (Lipinski definition) is 3. The molecule has 1 rings (SSSR count). The Balaban J connectivity index is 3.13. The van der Waals surface area contributed by atoms with Crippen LogP contribution in [0.25, 0.3) is 0 Å². The third-order valence-electron chi connectivity index (χ3n) is 2.96. The van der Waals surface area contributed by atoms with E-state index >= 15 is 0 Å². The van der Waals surface area contributed by atoms with E-state index in [1.54, 1.807) is 38.8 Å². The highest BCUT2D eigenvalue weighted by atomic mass is 16.6. The van der Waals surface area contributed by atoms with E-state index in [2.05, 4.69) is 4.98 Å². The van der Waals surface area contributed by atoms with E-state index in [9.17, 15) is 9.59 Å². The van der Waals surface area contributed by atoms with E-state index < -0.39 is 11.6 Å². The molecule has 5 heteroatoms. The summed E-state index contributed by atoms with van der Waals surface area (Å²) >= 11 is 0. The lowest BCUT2D eigenvalue weighted by Crippen LogP contribution is -2.32. The molecule has 0 bridgehead atoms. The number of amides is 1. The number of hydrogen-bond donors (Lipinski definition) is 1. The zero-order valence-corrected chi connectivity index (χ0v) is 13.2. The van der Waals surface area contributed by atoms with Gasteiger partial charge < -0.3 is 14.6 Å². The van der Waals surface area contributed by atoms with Gasteiger partial charge in [0.2, 0.25) is 0 Å². The molecule has 0 saturated heterocycles. The predicted octanol–water partition coefficient (Wildman–Crippen LogP) is 2.76. The van der Waals surface area contributed by atoms with Gasteiger partial charge in [-0.15, -0.1) is 0 Å². The van der Waals surface area contributed by atoms with Crippen LogP contribution >= 0.6 is 0 Å². The highest BCUT2D eigenvalue weighted by Gasteiger charge is 2.27. The van der Waals surface area contributed by atoms with Crippen molar-refractivity contribution in [3.63, 3.8) is 0 Å². The number of nitrogens with zero attached hydrogens (tertiary/aromatic N) is 1. The minimum atomic E-state index is -0.586. The molecule has 20 heavy (non-hydrogen) atoms. The van der Waals surface area contributed by atoms with Crippen molar-refractivity contribution in [2.24, 2.45) is 0 Å². The molecule has 1 aromatic rings. The Morgan fingerprint density at radius 2 is 1.80 bits per heavy atom. The Labute approximate surface area is 120 Å². The Bertz CT molecular complexity index is 494. The molecular weight excluding hydrogens is 256 g/mol. The fraction of sp³-hybridized carbons (Fsp3) is 0.600. The monoisotopic (exact) mass is 280 g/mol. The van der Waals surface area contributed by atoms with Crippen LogP contribution in [0.4, 0.5) is 0 Å². The maximum Gasteiger partial charge on any atom is 0.341 e. The lowest BCUT2D eigenvalue weighted by atomic mass is 10.1. The number of carbonyl (C=O) groups is 2. The third-order valence-corrected chi connectivity index (χ3v) is 2.96. The van der Waals surface area contributed by atoms with Gasteiger partial charge in [-0.05, 0) is 41.5 Å². The molecule has 1 heterocycles. The highest BCUT2D eigenvalue weighted by Crippen LogP contribution is 2.20. The Hall–Kier alpha value is -1.78. The molecule has 0 aliphatic carbocycles. The number of aromatic nitrogens is 1. The quantitative estimate of drug-likeness (QED) is 0.863. The highest BCUT2D eigenvalue weighted by molar-refractivity contribution is 6.06. The molecule has 0 aliphatic heterocycles. The molecule has 0 aliphatic rings. The molecule has 0 spiro atoms. The van der Waals surface area contributed by atoms with Crippen molar-refractivity contribution < 1.29 is 14.3 Å². The molecular formula is C15H24N2O3. The van der Waals surface area contributed by atoms with Gasteiger partial charge in [0, 0.05) is 25.0 Å². The van der Waals surface area contributed by atoms with Gasteiger partial charge >= 0.3 is 5.97 Å². The summed E-state index contributed by atoms with van der Waals surface area (Å²) in [6.45, 7) is 12.2. The summed E-state index contributed by atoms with van der Waals surface area (Å²) in [5.41, 5.74) is 0.803. The standard InChI is InChI=1S/C15H24N2O3/c1-7-17(8-2)13(18)12-10(3)16-9-11(12)14(19)20-15(4,5)6/h9,16H,7-8H2,1-6H3. The maximum absolute atomic E-state index is 12.5. The fourth-order valence-electron chi connectivity index (χ4n) is 1.97. The number of nitrogens with one attached hydrogen (secondary N) is 1. The van der Waals surface area contributed by atoms with E-state index in [4.69, 9.17) is 4.74 Å². The summed E-state index contributed by atoms with van der Waals surface area (Å²) in [5.74, 6) is -0.619. The zero-order valence-electron chi connectivity index (χ0n) is 13.2. The summed E-state index contributed by atoms with van der Waals surface area (Å²) in [6, 6.07) is 0. The van der Waals surface area contributed by atoms with Gasteiger partial charge in [0.05, 0.1) is 11.1 Å².